The van der Waals surface area contributed by atoms with E-state index >= 15 is 0 Å². The Balaban J connectivity index is 2.70. The largest absolute Gasteiger partial charge is 0.464 e. The number of pyridine rings is 1. The Labute approximate surface area is 88.6 Å². The zero-order chi connectivity index (χ0) is 10.1. The van der Waals surface area contributed by atoms with Crippen molar-refractivity contribution in [2.45, 2.75) is 0 Å². The summed E-state index contributed by atoms with van der Waals surface area (Å²) in [5.41, 5.74) is 1.17. The minimum Gasteiger partial charge on any atom is -0.464 e. The molecule has 2 aromatic rings. The normalized spacial score (nSPS) is 10.4. The second-order valence-corrected chi connectivity index (χ2v) is 3.51. The van der Waals surface area contributed by atoms with Gasteiger partial charge in [0.2, 0.25) is 0 Å². The number of imidazole rings is 1. The maximum Gasteiger partial charge on any atom is 0.355 e. The minimum atomic E-state index is -0.375. The van der Waals surface area contributed by atoms with Gasteiger partial charge < -0.3 is 4.74 Å². The van der Waals surface area contributed by atoms with Crippen LogP contribution in [0.3, 0.4) is 0 Å². The first-order valence-electron chi connectivity index (χ1n) is 3.94. The fourth-order valence-electron chi connectivity index (χ4n) is 1.25. The highest BCUT2D eigenvalue weighted by Gasteiger charge is 2.10. The van der Waals surface area contributed by atoms with Gasteiger partial charge in [0.05, 0.1) is 7.11 Å². The molecule has 2 aromatic heterocycles. The van der Waals surface area contributed by atoms with Gasteiger partial charge in [-0.1, -0.05) is 6.07 Å². The van der Waals surface area contributed by atoms with E-state index in [-0.39, 0.29) is 5.97 Å². The highest BCUT2D eigenvalue weighted by atomic mass is 79.9. The van der Waals surface area contributed by atoms with Gasteiger partial charge in [0.25, 0.3) is 0 Å². The lowest BCUT2D eigenvalue weighted by Crippen LogP contribution is -2.06. The summed E-state index contributed by atoms with van der Waals surface area (Å²) in [7, 11) is 1.35. The van der Waals surface area contributed by atoms with Crippen LogP contribution < -0.4 is 0 Å². The molecule has 72 valence electrons. The van der Waals surface area contributed by atoms with Gasteiger partial charge in [-0.15, -0.1) is 0 Å². The van der Waals surface area contributed by atoms with Crippen LogP contribution in [0.15, 0.2) is 29.0 Å². The van der Waals surface area contributed by atoms with Crippen molar-refractivity contribution in [3.8, 4) is 0 Å². The predicted molar refractivity (Wildman–Crippen MR) is 54.2 cm³/mol. The molecule has 0 unspecified atom stereocenters. The fourth-order valence-corrected chi connectivity index (χ4v) is 1.64. The van der Waals surface area contributed by atoms with Crippen LogP contribution in [0.5, 0.6) is 0 Å². The first-order chi connectivity index (χ1) is 6.72. The Bertz CT molecular complexity index is 493. The van der Waals surface area contributed by atoms with Gasteiger partial charge in [0.1, 0.15) is 15.9 Å². The summed E-state index contributed by atoms with van der Waals surface area (Å²) in [5.74, 6) is -0.375. The number of fused-ring (bicyclic) bond motifs is 1. The maximum atomic E-state index is 11.4. The van der Waals surface area contributed by atoms with Gasteiger partial charge in [-0.25, -0.2) is 9.78 Å². The number of carbonyl (C=O) groups excluding carboxylic acids is 1. The molecule has 5 heteroatoms. The van der Waals surface area contributed by atoms with Crippen LogP contribution in [0.1, 0.15) is 10.5 Å². The van der Waals surface area contributed by atoms with Crippen molar-refractivity contribution in [2.75, 3.05) is 7.11 Å². The van der Waals surface area contributed by atoms with E-state index in [2.05, 4.69) is 25.7 Å². The third-order valence-electron chi connectivity index (χ3n) is 1.86. The molecule has 0 amide bonds. The summed E-state index contributed by atoms with van der Waals surface area (Å²) in [6.07, 6.45) is 1.72. The van der Waals surface area contributed by atoms with Crippen molar-refractivity contribution >= 4 is 27.5 Å². The molecule has 0 aliphatic heterocycles. The zero-order valence-electron chi connectivity index (χ0n) is 7.40. The molecule has 0 bridgehead atoms. The maximum absolute atomic E-state index is 11.4. The number of halogens is 1. The van der Waals surface area contributed by atoms with Crippen LogP contribution in [0.2, 0.25) is 0 Å². The highest BCUT2D eigenvalue weighted by Crippen LogP contribution is 2.13. The van der Waals surface area contributed by atoms with Gasteiger partial charge in [-0.05, 0) is 28.1 Å². The zero-order valence-corrected chi connectivity index (χ0v) is 8.98. The van der Waals surface area contributed by atoms with Crippen molar-refractivity contribution in [3.05, 3.63) is 34.7 Å². The van der Waals surface area contributed by atoms with Crippen molar-refractivity contribution < 1.29 is 9.53 Å². The number of hydrogen-bond donors (Lipinski definition) is 0. The number of ether oxygens (including phenoxy) is 1. The van der Waals surface area contributed by atoms with Gasteiger partial charge in [-0.2, -0.15) is 0 Å². The van der Waals surface area contributed by atoms with E-state index in [1.165, 1.54) is 7.11 Å². The Kier molecular flexibility index (Phi) is 2.25. The van der Waals surface area contributed by atoms with E-state index in [9.17, 15) is 4.79 Å². The number of hydrogen-bond acceptors (Lipinski definition) is 3. The van der Waals surface area contributed by atoms with Crippen LogP contribution >= 0.6 is 15.9 Å². The highest BCUT2D eigenvalue weighted by molar-refractivity contribution is 9.10. The minimum absolute atomic E-state index is 0.375. The number of carbonyl (C=O) groups is 1. The summed E-state index contributed by atoms with van der Waals surface area (Å²) >= 11 is 3.25. The Hall–Kier alpha value is -1.36. The molecule has 0 aliphatic rings. The van der Waals surface area contributed by atoms with Gasteiger partial charge in [-0.3, -0.25) is 4.40 Å². The van der Waals surface area contributed by atoms with E-state index in [0.717, 1.165) is 0 Å². The SMILES string of the molecule is COC(=O)c1cccc2nc(Br)cn12. The molecule has 0 saturated heterocycles. The number of esters is 1. The molecule has 0 fully saturated rings. The molecule has 2 rings (SSSR count). The first-order valence-corrected chi connectivity index (χ1v) is 4.73. The van der Waals surface area contributed by atoms with Crippen LogP contribution in [-0.4, -0.2) is 22.5 Å². The summed E-state index contributed by atoms with van der Waals surface area (Å²) in [6.45, 7) is 0. The Morgan fingerprint density at radius 3 is 3.07 bits per heavy atom. The lowest BCUT2D eigenvalue weighted by atomic mass is 10.3. The summed E-state index contributed by atoms with van der Waals surface area (Å²) in [4.78, 5) is 15.5. The van der Waals surface area contributed by atoms with Crippen molar-refractivity contribution in [2.24, 2.45) is 0 Å². The van der Waals surface area contributed by atoms with Gasteiger partial charge >= 0.3 is 5.97 Å². The van der Waals surface area contributed by atoms with Crippen LogP contribution in [0, 0.1) is 0 Å². The average molecular weight is 255 g/mol. The molecule has 0 spiro atoms. The molecular formula is C9H7BrN2O2. The Morgan fingerprint density at radius 1 is 1.57 bits per heavy atom. The molecule has 4 nitrogen and oxygen atoms in total. The number of nitrogens with zero attached hydrogens (tertiary/aromatic N) is 2. The second-order valence-electron chi connectivity index (χ2n) is 2.69. The number of aromatic nitrogens is 2. The van der Waals surface area contributed by atoms with Crippen molar-refractivity contribution in [1.29, 1.82) is 0 Å². The summed E-state index contributed by atoms with van der Waals surface area (Å²) < 4.78 is 7.02. The van der Waals surface area contributed by atoms with E-state index < -0.39 is 0 Å². The fraction of sp³-hybridized carbons (Fsp3) is 0.111. The second kappa shape index (κ2) is 3.42. The van der Waals surface area contributed by atoms with Crippen LogP contribution in [0.25, 0.3) is 5.65 Å². The average Bonchev–Trinajstić information content (AvgIpc) is 2.56. The molecule has 0 radical (unpaired) electrons. The molecule has 0 aromatic carbocycles. The quantitative estimate of drug-likeness (QED) is 0.731. The molecular weight excluding hydrogens is 248 g/mol. The standard InChI is InChI=1S/C9H7BrN2O2/c1-14-9(13)6-3-2-4-8-11-7(10)5-12(6)8/h2-5H,1H3. The monoisotopic (exact) mass is 254 g/mol. The summed E-state index contributed by atoms with van der Waals surface area (Å²) in [6, 6.07) is 5.27. The smallest absolute Gasteiger partial charge is 0.355 e. The topological polar surface area (TPSA) is 43.6 Å². The van der Waals surface area contributed by atoms with Gasteiger partial charge in [0, 0.05) is 6.20 Å². The third-order valence-corrected chi connectivity index (χ3v) is 2.24. The number of methoxy groups -OCH3 is 1. The molecule has 0 saturated carbocycles. The predicted octanol–water partition coefficient (Wildman–Crippen LogP) is 1.88. The van der Waals surface area contributed by atoms with E-state index in [1.807, 2.05) is 6.07 Å². The lowest BCUT2D eigenvalue weighted by Gasteiger charge is -2.01. The first kappa shape index (κ1) is 9.21. The lowest BCUT2D eigenvalue weighted by molar-refractivity contribution is 0.0592. The third kappa shape index (κ3) is 1.39. The van der Waals surface area contributed by atoms with Gasteiger partial charge in [0.15, 0.2) is 0 Å². The van der Waals surface area contributed by atoms with E-state index in [1.54, 1.807) is 22.7 Å². The molecule has 0 atom stereocenters. The van der Waals surface area contributed by atoms with Crippen molar-refractivity contribution in [1.82, 2.24) is 9.38 Å². The van der Waals surface area contributed by atoms with E-state index in [0.29, 0.717) is 15.9 Å². The molecule has 0 N–H and O–H groups in total. The van der Waals surface area contributed by atoms with E-state index in [4.69, 9.17) is 0 Å². The molecule has 2 heterocycles. The molecule has 0 aliphatic carbocycles. The molecule has 14 heavy (non-hydrogen) atoms. The van der Waals surface area contributed by atoms with Crippen molar-refractivity contribution in [3.63, 3.8) is 0 Å². The van der Waals surface area contributed by atoms with Crippen LogP contribution in [0.4, 0.5) is 0 Å². The Morgan fingerprint density at radius 2 is 2.36 bits per heavy atom. The number of rotatable bonds is 1. The van der Waals surface area contributed by atoms with Crippen LogP contribution in [-0.2, 0) is 4.74 Å². The summed E-state index contributed by atoms with van der Waals surface area (Å²) in [5, 5.41) is 0.